The van der Waals surface area contributed by atoms with E-state index in [-0.39, 0.29) is 30.1 Å². The standard InChI is InChI=1S/C15H31N3O2/c1-6-13(11-19)18-9-7-17(8-10-18)12(2)14(20)16-15(3,4)5/h12-13,19H,6-11H2,1-5H3,(H,16,20). The summed E-state index contributed by atoms with van der Waals surface area (Å²) in [6, 6.07) is 0.168. The number of rotatable bonds is 5. The minimum Gasteiger partial charge on any atom is -0.395 e. The number of aliphatic hydroxyl groups excluding tert-OH is 1. The molecule has 0 aromatic carbocycles. The summed E-state index contributed by atoms with van der Waals surface area (Å²) in [4.78, 5) is 16.7. The molecule has 118 valence electrons. The highest BCUT2D eigenvalue weighted by Crippen LogP contribution is 2.12. The van der Waals surface area contributed by atoms with Gasteiger partial charge in [0.1, 0.15) is 0 Å². The van der Waals surface area contributed by atoms with Crippen LogP contribution in [-0.2, 0) is 4.79 Å². The molecule has 5 heteroatoms. The number of aliphatic hydroxyl groups is 1. The molecule has 2 atom stereocenters. The van der Waals surface area contributed by atoms with Crippen molar-refractivity contribution in [2.75, 3.05) is 32.8 Å². The molecule has 1 aliphatic rings. The maximum atomic E-state index is 12.2. The Hall–Kier alpha value is -0.650. The van der Waals surface area contributed by atoms with Gasteiger partial charge in [-0.25, -0.2) is 0 Å². The topological polar surface area (TPSA) is 55.8 Å². The highest BCUT2D eigenvalue weighted by Gasteiger charge is 2.29. The Bertz CT molecular complexity index is 303. The molecule has 0 spiro atoms. The third kappa shape index (κ3) is 5.04. The molecule has 0 radical (unpaired) electrons. The summed E-state index contributed by atoms with van der Waals surface area (Å²) >= 11 is 0. The summed E-state index contributed by atoms with van der Waals surface area (Å²) in [6.45, 7) is 13.9. The summed E-state index contributed by atoms with van der Waals surface area (Å²) in [5, 5.41) is 12.4. The molecule has 0 aliphatic carbocycles. The lowest BCUT2D eigenvalue weighted by Crippen LogP contribution is -2.57. The van der Waals surface area contributed by atoms with Crippen molar-refractivity contribution in [3.05, 3.63) is 0 Å². The monoisotopic (exact) mass is 285 g/mol. The fourth-order valence-corrected chi connectivity index (χ4v) is 2.63. The van der Waals surface area contributed by atoms with E-state index in [4.69, 9.17) is 0 Å². The molecule has 0 aromatic rings. The van der Waals surface area contributed by atoms with E-state index in [1.54, 1.807) is 0 Å². The van der Waals surface area contributed by atoms with Crippen LogP contribution in [0, 0.1) is 0 Å². The van der Waals surface area contributed by atoms with E-state index in [1.165, 1.54) is 0 Å². The lowest BCUT2D eigenvalue weighted by molar-refractivity contribution is -0.128. The smallest absolute Gasteiger partial charge is 0.237 e. The molecule has 0 aromatic heterocycles. The zero-order chi connectivity index (χ0) is 15.3. The summed E-state index contributed by atoms with van der Waals surface area (Å²) in [5.41, 5.74) is -0.183. The van der Waals surface area contributed by atoms with Crippen molar-refractivity contribution in [2.24, 2.45) is 0 Å². The number of nitrogens with one attached hydrogen (secondary N) is 1. The first kappa shape index (κ1) is 17.4. The van der Waals surface area contributed by atoms with E-state index in [0.717, 1.165) is 32.6 Å². The van der Waals surface area contributed by atoms with Crippen LogP contribution in [0.3, 0.4) is 0 Å². The van der Waals surface area contributed by atoms with Gasteiger partial charge in [0.25, 0.3) is 0 Å². The Balaban J connectivity index is 2.46. The van der Waals surface area contributed by atoms with Gasteiger partial charge in [-0.2, -0.15) is 0 Å². The summed E-state index contributed by atoms with van der Waals surface area (Å²) < 4.78 is 0. The minimum atomic E-state index is -0.183. The van der Waals surface area contributed by atoms with Gasteiger partial charge in [0.15, 0.2) is 0 Å². The first-order valence-electron chi connectivity index (χ1n) is 7.69. The Kier molecular flexibility index (Phi) is 6.43. The van der Waals surface area contributed by atoms with Crippen molar-refractivity contribution in [3.8, 4) is 0 Å². The highest BCUT2D eigenvalue weighted by molar-refractivity contribution is 5.81. The lowest BCUT2D eigenvalue weighted by atomic mass is 10.1. The zero-order valence-electron chi connectivity index (χ0n) is 13.6. The van der Waals surface area contributed by atoms with Crippen LogP contribution < -0.4 is 5.32 Å². The van der Waals surface area contributed by atoms with Crippen LogP contribution in [0.25, 0.3) is 0 Å². The Morgan fingerprint density at radius 2 is 1.70 bits per heavy atom. The average molecular weight is 285 g/mol. The lowest BCUT2D eigenvalue weighted by Gasteiger charge is -2.40. The Morgan fingerprint density at radius 3 is 2.10 bits per heavy atom. The number of piperazine rings is 1. The van der Waals surface area contributed by atoms with Gasteiger partial charge in [-0.15, -0.1) is 0 Å². The molecule has 20 heavy (non-hydrogen) atoms. The van der Waals surface area contributed by atoms with Gasteiger partial charge in [0.05, 0.1) is 12.6 Å². The fourth-order valence-electron chi connectivity index (χ4n) is 2.63. The first-order chi connectivity index (χ1) is 9.28. The zero-order valence-corrected chi connectivity index (χ0v) is 13.6. The third-order valence-electron chi connectivity index (χ3n) is 3.97. The van der Waals surface area contributed by atoms with Crippen LogP contribution in [0.2, 0.25) is 0 Å². The van der Waals surface area contributed by atoms with Crippen molar-refractivity contribution in [3.63, 3.8) is 0 Å². The highest BCUT2D eigenvalue weighted by atomic mass is 16.3. The molecule has 1 fully saturated rings. The summed E-state index contributed by atoms with van der Waals surface area (Å²) in [6.07, 6.45) is 0.969. The summed E-state index contributed by atoms with van der Waals surface area (Å²) in [7, 11) is 0. The van der Waals surface area contributed by atoms with E-state index in [9.17, 15) is 9.90 Å². The van der Waals surface area contributed by atoms with E-state index in [2.05, 4.69) is 22.0 Å². The second-order valence-corrected chi connectivity index (χ2v) is 6.73. The van der Waals surface area contributed by atoms with E-state index in [1.807, 2.05) is 27.7 Å². The van der Waals surface area contributed by atoms with Gasteiger partial charge in [-0.1, -0.05) is 6.92 Å². The van der Waals surface area contributed by atoms with Crippen molar-refractivity contribution in [1.29, 1.82) is 0 Å². The molecule has 0 saturated carbocycles. The van der Waals surface area contributed by atoms with Crippen LogP contribution in [0.4, 0.5) is 0 Å². The van der Waals surface area contributed by atoms with Gasteiger partial charge in [-0.3, -0.25) is 14.6 Å². The van der Waals surface area contributed by atoms with Gasteiger partial charge < -0.3 is 10.4 Å². The first-order valence-corrected chi connectivity index (χ1v) is 7.69. The largest absolute Gasteiger partial charge is 0.395 e. The van der Waals surface area contributed by atoms with Crippen molar-refractivity contribution in [2.45, 2.75) is 58.7 Å². The molecule has 1 saturated heterocycles. The molecule has 1 amide bonds. The molecule has 5 nitrogen and oxygen atoms in total. The van der Waals surface area contributed by atoms with Gasteiger partial charge >= 0.3 is 0 Å². The van der Waals surface area contributed by atoms with Crippen molar-refractivity contribution >= 4 is 5.91 Å². The second-order valence-electron chi connectivity index (χ2n) is 6.73. The number of hydrogen-bond donors (Lipinski definition) is 2. The number of carbonyl (C=O) groups is 1. The minimum absolute atomic E-state index is 0.0921. The van der Waals surface area contributed by atoms with Crippen molar-refractivity contribution < 1.29 is 9.90 Å². The quantitative estimate of drug-likeness (QED) is 0.780. The summed E-state index contributed by atoms with van der Waals surface area (Å²) in [5.74, 6) is 0.0974. The molecule has 1 aliphatic heterocycles. The van der Waals surface area contributed by atoms with Crippen LogP contribution in [0.15, 0.2) is 0 Å². The molecule has 2 N–H and O–H groups in total. The predicted molar refractivity (Wildman–Crippen MR) is 81.7 cm³/mol. The number of carbonyl (C=O) groups excluding carboxylic acids is 1. The predicted octanol–water partition coefficient (Wildman–Crippen LogP) is 0.678. The van der Waals surface area contributed by atoms with Gasteiger partial charge in [0, 0.05) is 37.8 Å². The van der Waals surface area contributed by atoms with E-state index in [0.29, 0.717) is 0 Å². The molecular weight excluding hydrogens is 254 g/mol. The number of amides is 1. The molecular formula is C15H31N3O2. The average Bonchev–Trinajstić information content (AvgIpc) is 2.38. The molecule has 2 unspecified atom stereocenters. The SMILES string of the molecule is CCC(CO)N1CCN(C(C)C(=O)NC(C)(C)C)CC1. The molecule has 0 bridgehead atoms. The maximum absolute atomic E-state index is 12.2. The normalized spacial score (nSPS) is 21.5. The van der Waals surface area contributed by atoms with Crippen LogP contribution in [0.1, 0.15) is 41.0 Å². The Labute approximate surface area is 123 Å². The van der Waals surface area contributed by atoms with E-state index < -0.39 is 0 Å². The maximum Gasteiger partial charge on any atom is 0.237 e. The second kappa shape index (κ2) is 7.38. The van der Waals surface area contributed by atoms with Crippen LogP contribution in [-0.4, -0.2) is 71.2 Å². The van der Waals surface area contributed by atoms with Crippen LogP contribution >= 0.6 is 0 Å². The number of hydrogen-bond acceptors (Lipinski definition) is 4. The van der Waals surface area contributed by atoms with Crippen LogP contribution in [0.5, 0.6) is 0 Å². The Morgan fingerprint density at radius 1 is 1.20 bits per heavy atom. The molecule has 1 heterocycles. The third-order valence-corrected chi connectivity index (χ3v) is 3.97. The number of nitrogens with zero attached hydrogens (tertiary/aromatic N) is 2. The van der Waals surface area contributed by atoms with E-state index >= 15 is 0 Å². The fraction of sp³-hybridized carbons (Fsp3) is 0.933. The molecule has 1 rings (SSSR count). The van der Waals surface area contributed by atoms with Gasteiger partial charge in [0.2, 0.25) is 5.91 Å². The van der Waals surface area contributed by atoms with Gasteiger partial charge in [-0.05, 0) is 34.1 Å². The van der Waals surface area contributed by atoms with Crippen molar-refractivity contribution in [1.82, 2.24) is 15.1 Å².